The van der Waals surface area contributed by atoms with Crippen LogP contribution in [0.2, 0.25) is 0 Å². The summed E-state index contributed by atoms with van der Waals surface area (Å²) in [5, 5.41) is 61.1. The highest BCUT2D eigenvalue weighted by Gasteiger charge is 2.54. The highest BCUT2D eigenvalue weighted by Crippen LogP contribution is 2.40. The summed E-state index contributed by atoms with van der Waals surface area (Å²) in [5.41, 5.74) is 3.77. The van der Waals surface area contributed by atoms with Gasteiger partial charge in [0.15, 0.2) is 0 Å². The lowest BCUT2D eigenvalue weighted by Gasteiger charge is -2.45. The standard InChI is InChI=1S/C23H24O7/c24-12-19-20(26)21(27)22(28)23(29,30-19)17-11-13(6-7-18(17)25)8-14-9-15-4-2-1-3-5-16(15)10-14/h1-7,9-11,19-22,24-29H,8,12H2/t19-,20-,21+,22-,23+/m1/s1. The average molecular weight is 412 g/mol. The van der Waals surface area contributed by atoms with Crippen LogP contribution >= 0.6 is 0 Å². The molecule has 1 aromatic carbocycles. The zero-order chi connectivity index (χ0) is 21.5. The first kappa shape index (κ1) is 20.7. The third kappa shape index (κ3) is 3.56. The van der Waals surface area contributed by atoms with Crippen molar-refractivity contribution >= 4 is 0 Å². The number of benzene rings is 1. The van der Waals surface area contributed by atoms with Crippen LogP contribution in [0.5, 0.6) is 5.75 Å². The number of hydrogen-bond acceptors (Lipinski definition) is 7. The number of phenolic OH excluding ortho intramolecular Hbond substituents is 1. The summed E-state index contributed by atoms with van der Waals surface area (Å²) >= 11 is 0. The maximum Gasteiger partial charge on any atom is 0.226 e. The number of ether oxygens (including phenoxy) is 1. The van der Waals surface area contributed by atoms with Gasteiger partial charge in [0, 0.05) is 0 Å². The van der Waals surface area contributed by atoms with Crippen LogP contribution in [0.4, 0.5) is 0 Å². The van der Waals surface area contributed by atoms with Crippen molar-refractivity contribution in [3.8, 4) is 16.9 Å². The van der Waals surface area contributed by atoms with Crippen LogP contribution < -0.4 is 0 Å². The predicted molar refractivity (Wildman–Crippen MR) is 108 cm³/mol. The number of aliphatic hydroxyl groups is 5. The van der Waals surface area contributed by atoms with Crippen molar-refractivity contribution in [2.45, 2.75) is 36.6 Å². The molecule has 0 bridgehead atoms. The zero-order valence-electron chi connectivity index (χ0n) is 16.1. The van der Waals surface area contributed by atoms with Gasteiger partial charge in [-0.25, -0.2) is 0 Å². The SMILES string of the molecule is OC[C@H]1O[C@@](O)(c2cc(Cc3cc4cccccc-4c3)ccc2O)[C@H](O)[C@@H](O)[C@@H]1O. The molecule has 0 unspecified atom stereocenters. The van der Waals surface area contributed by atoms with E-state index in [4.69, 9.17) is 4.74 Å². The van der Waals surface area contributed by atoms with E-state index in [0.717, 1.165) is 22.3 Å². The van der Waals surface area contributed by atoms with Gasteiger partial charge in [-0.05, 0) is 40.8 Å². The molecule has 0 aromatic heterocycles. The molecule has 3 aliphatic rings. The summed E-state index contributed by atoms with van der Waals surface area (Å²) in [7, 11) is 0. The van der Waals surface area contributed by atoms with Gasteiger partial charge < -0.3 is 35.4 Å². The Morgan fingerprint density at radius 3 is 2.13 bits per heavy atom. The Morgan fingerprint density at radius 1 is 0.833 bits per heavy atom. The first-order chi connectivity index (χ1) is 14.3. The minimum atomic E-state index is -2.50. The van der Waals surface area contributed by atoms with Crippen LogP contribution in [-0.4, -0.2) is 61.7 Å². The van der Waals surface area contributed by atoms with E-state index in [1.807, 2.05) is 42.5 Å². The Kier molecular flexibility index (Phi) is 5.50. The maximum atomic E-state index is 11.0. The number of fused-ring (bicyclic) bond motifs is 1. The lowest BCUT2D eigenvalue weighted by atomic mass is 9.87. The molecule has 6 N–H and O–H groups in total. The fourth-order valence-corrected chi connectivity index (χ4v) is 3.97. The highest BCUT2D eigenvalue weighted by molar-refractivity contribution is 5.68. The van der Waals surface area contributed by atoms with E-state index in [0.29, 0.717) is 6.42 Å². The van der Waals surface area contributed by atoms with Crippen molar-refractivity contribution in [3.05, 3.63) is 77.4 Å². The summed E-state index contributed by atoms with van der Waals surface area (Å²) in [4.78, 5) is 0. The molecule has 0 spiro atoms. The first-order valence-electron chi connectivity index (χ1n) is 9.69. The van der Waals surface area contributed by atoms with Crippen molar-refractivity contribution in [2.75, 3.05) is 6.61 Å². The Hall–Kier alpha value is -2.52. The monoisotopic (exact) mass is 412 g/mol. The average Bonchev–Trinajstić information content (AvgIpc) is 2.98. The Balaban J connectivity index is 1.68. The van der Waals surface area contributed by atoms with Crippen molar-refractivity contribution in [3.63, 3.8) is 0 Å². The van der Waals surface area contributed by atoms with Crippen molar-refractivity contribution in [1.29, 1.82) is 0 Å². The molecule has 1 heterocycles. The van der Waals surface area contributed by atoms with E-state index in [2.05, 4.69) is 0 Å². The summed E-state index contributed by atoms with van der Waals surface area (Å²) in [6.45, 7) is -0.689. The van der Waals surface area contributed by atoms with Crippen LogP contribution in [0.15, 0.2) is 60.7 Å². The van der Waals surface area contributed by atoms with Gasteiger partial charge in [0.1, 0.15) is 30.2 Å². The summed E-state index contributed by atoms with van der Waals surface area (Å²) < 4.78 is 5.33. The summed E-state index contributed by atoms with van der Waals surface area (Å²) in [6.07, 6.45) is -6.14. The van der Waals surface area contributed by atoms with Gasteiger partial charge in [0.25, 0.3) is 0 Å². The Morgan fingerprint density at radius 2 is 1.50 bits per heavy atom. The molecule has 2 aliphatic carbocycles. The quantitative estimate of drug-likeness (QED) is 0.372. The van der Waals surface area contributed by atoms with Crippen molar-refractivity contribution in [1.82, 2.24) is 0 Å². The minimum Gasteiger partial charge on any atom is -0.507 e. The topological polar surface area (TPSA) is 131 Å². The minimum absolute atomic E-state index is 0.153. The smallest absolute Gasteiger partial charge is 0.226 e. The van der Waals surface area contributed by atoms with Crippen LogP contribution in [0.25, 0.3) is 11.1 Å². The maximum absolute atomic E-state index is 11.0. The van der Waals surface area contributed by atoms with Gasteiger partial charge in [-0.2, -0.15) is 0 Å². The lowest BCUT2D eigenvalue weighted by molar-refractivity contribution is -0.358. The van der Waals surface area contributed by atoms with E-state index in [1.54, 1.807) is 6.07 Å². The van der Waals surface area contributed by atoms with E-state index in [-0.39, 0.29) is 11.3 Å². The van der Waals surface area contributed by atoms with Gasteiger partial charge in [-0.3, -0.25) is 0 Å². The van der Waals surface area contributed by atoms with Crippen molar-refractivity contribution in [2.24, 2.45) is 0 Å². The second-order valence-corrected chi connectivity index (χ2v) is 7.67. The molecule has 30 heavy (non-hydrogen) atoms. The number of rotatable bonds is 4. The van der Waals surface area contributed by atoms with Gasteiger partial charge in [-0.15, -0.1) is 0 Å². The third-order valence-corrected chi connectivity index (χ3v) is 5.61. The van der Waals surface area contributed by atoms with Crippen LogP contribution in [0.1, 0.15) is 16.7 Å². The number of phenols is 1. The fourth-order valence-electron chi connectivity index (χ4n) is 3.97. The predicted octanol–water partition coefficient (Wildman–Crippen LogP) is 0.707. The van der Waals surface area contributed by atoms with E-state index >= 15 is 0 Å². The second-order valence-electron chi connectivity index (χ2n) is 7.67. The molecule has 1 aliphatic heterocycles. The fraction of sp³-hybridized carbons (Fsp3) is 0.304. The molecule has 0 saturated carbocycles. The Labute approximate surface area is 173 Å². The molecule has 1 aromatic rings. The van der Waals surface area contributed by atoms with Gasteiger partial charge in [0.05, 0.1) is 12.2 Å². The molecule has 1 saturated heterocycles. The number of aliphatic hydroxyl groups excluding tert-OH is 4. The first-order valence-corrected chi connectivity index (χ1v) is 9.69. The summed E-state index contributed by atoms with van der Waals surface area (Å²) in [5.74, 6) is -2.85. The van der Waals surface area contributed by atoms with Gasteiger partial charge >= 0.3 is 0 Å². The number of hydrogen-bond donors (Lipinski definition) is 6. The van der Waals surface area contributed by atoms with E-state index < -0.39 is 36.8 Å². The van der Waals surface area contributed by atoms with E-state index in [9.17, 15) is 30.6 Å². The molecule has 0 radical (unpaired) electrons. The van der Waals surface area contributed by atoms with Gasteiger partial charge in [0.2, 0.25) is 5.79 Å². The molecule has 4 rings (SSSR count). The van der Waals surface area contributed by atoms with Crippen LogP contribution in [-0.2, 0) is 16.9 Å². The van der Waals surface area contributed by atoms with Crippen molar-refractivity contribution < 1.29 is 35.4 Å². The summed E-state index contributed by atoms with van der Waals surface area (Å²) in [6, 6.07) is 18.5. The molecule has 158 valence electrons. The molecular formula is C23H24O7. The molecule has 5 atom stereocenters. The third-order valence-electron chi connectivity index (χ3n) is 5.61. The molecular weight excluding hydrogens is 388 g/mol. The lowest BCUT2D eigenvalue weighted by Crippen LogP contribution is -2.63. The molecule has 7 heteroatoms. The Bertz CT molecular complexity index is 974. The normalized spacial score (nSPS) is 29.2. The highest BCUT2D eigenvalue weighted by atomic mass is 16.7. The molecule has 7 nitrogen and oxygen atoms in total. The molecule has 1 fully saturated rings. The van der Waals surface area contributed by atoms with Crippen LogP contribution in [0.3, 0.4) is 0 Å². The van der Waals surface area contributed by atoms with Gasteiger partial charge in [-0.1, -0.05) is 48.5 Å². The molecule has 0 amide bonds. The second kappa shape index (κ2) is 7.96. The van der Waals surface area contributed by atoms with Crippen LogP contribution in [0, 0.1) is 0 Å². The zero-order valence-corrected chi connectivity index (χ0v) is 16.1. The number of aromatic hydroxyl groups is 1. The largest absolute Gasteiger partial charge is 0.507 e. The van der Waals surface area contributed by atoms with E-state index in [1.165, 1.54) is 12.1 Å².